The van der Waals surface area contributed by atoms with Crippen LogP contribution in [0.3, 0.4) is 0 Å². The van der Waals surface area contributed by atoms with Crippen molar-refractivity contribution in [3.63, 3.8) is 0 Å². The smallest absolute Gasteiger partial charge is 0.146 e. The zero-order chi connectivity index (χ0) is 13.0. The van der Waals surface area contributed by atoms with Gasteiger partial charge in [0.2, 0.25) is 0 Å². The third-order valence-electron chi connectivity index (χ3n) is 2.74. The Labute approximate surface area is 111 Å². The fourth-order valence-electron chi connectivity index (χ4n) is 1.80. The quantitative estimate of drug-likeness (QED) is 0.779. The molecule has 0 atom stereocenters. The first-order valence-corrected chi connectivity index (χ1v) is 6.18. The lowest BCUT2D eigenvalue weighted by Crippen LogP contribution is -2.23. The van der Waals surface area contributed by atoms with Crippen LogP contribution in [-0.4, -0.2) is 11.5 Å². The predicted octanol–water partition coefficient (Wildman–Crippen LogP) is 3.90. The topological polar surface area (TPSA) is 16.1 Å². The Morgan fingerprint density at radius 3 is 2.61 bits per heavy atom. The number of hydrogen-bond acceptors (Lipinski definition) is 2. The Balaban J connectivity index is 2.20. The summed E-state index contributed by atoms with van der Waals surface area (Å²) in [6.45, 7) is 3.33. The van der Waals surface area contributed by atoms with E-state index in [1.54, 1.807) is 24.4 Å². The molecular weight excluding hydrogens is 251 g/mol. The number of benzene rings is 1. The molecule has 94 valence electrons. The highest BCUT2D eigenvalue weighted by atomic mass is 35.5. The molecule has 4 heteroatoms. The van der Waals surface area contributed by atoms with Gasteiger partial charge >= 0.3 is 0 Å². The highest BCUT2D eigenvalue weighted by Crippen LogP contribution is 2.20. The minimum absolute atomic E-state index is 0.207. The molecule has 0 saturated carbocycles. The van der Waals surface area contributed by atoms with Crippen molar-refractivity contribution in [3.8, 4) is 0 Å². The Morgan fingerprint density at radius 2 is 2.00 bits per heavy atom. The van der Waals surface area contributed by atoms with Crippen molar-refractivity contribution in [3.05, 3.63) is 59.1 Å². The van der Waals surface area contributed by atoms with Gasteiger partial charge in [0.15, 0.2) is 0 Å². The number of hydrogen-bond donors (Lipinski definition) is 0. The summed E-state index contributed by atoms with van der Waals surface area (Å²) in [7, 11) is 0. The fourth-order valence-corrected chi connectivity index (χ4v) is 1.91. The van der Waals surface area contributed by atoms with E-state index in [0.717, 1.165) is 12.1 Å². The number of pyridine rings is 1. The monoisotopic (exact) mass is 264 g/mol. The molecule has 0 radical (unpaired) electrons. The molecule has 0 amide bonds. The SMILES string of the molecule is CCN(Cc1ccc(Cl)nc1)c1ccccc1F. The van der Waals surface area contributed by atoms with E-state index in [2.05, 4.69) is 4.98 Å². The Bertz CT molecular complexity index is 513. The highest BCUT2D eigenvalue weighted by Gasteiger charge is 2.09. The van der Waals surface area contributed by atoms with Crippen LogP contribution in [-0.2, 0) is 6.54 Å². The number of nitrogens with zero attached hydrogens (tertiary/aromatic N) is 2. The maximum Gasteiger partial charge on any atom is 0.146 e. The van der Waals surface area contributed by atoms with Gasteiger partial charge in [-0.2, -0.15) is 0 Å². The molecule has 0 saturated heterocycles. The van der Waals surface area contributed by atoms with Crippen molar-refractivity contribution in [1.82, 2.24) is 4.98 Å². The summed E-state index contributed by atoms with van der Waals surface area (Å²) in [6, 6.07) is 10.4. The van der Waals surface area contributed by atoms with Gasteiger partial charge < -0.3 is 4.90 Å². The van der Waals surface area contributed by atoms with Crippen molar-refractivity contribution in [2.45, 2.75) is 13.5 Å². The van der Waals surface area contributed by atoms with E-state index >= 15 is 0 Å². The van der Waals surface area contributed by atoms with Crippen LogP contribution in [0.2, 0.25) is 5.15 Å². The second kappa shape index (κ2) is 5.83. The van der Waals surface area contributed by atoms with Crippen LogP contribution >= 0.6 is 11.6 Å². The molecule has 0 aliphatic carbocycles. The summed E-state index contributed by atoms with van der Waals surface area (Å²) in [4.78, 5) is 5.99. The molecule has 0 N–H and O–H groups in total. The summed E-state index contributed by atoms with van der Waals surface area (Å²) >= 11 is 5.74. The van der Waals surface area contributed by atoms with Crippen molar-refractivity contribution < 1.29 is 4.39 Å². The molecule has 1 aromatic carbocycles. The van der Waals surface area contributed by atoms with Gasteiger partial charge in [-0.25, -0.2) is 9.37 Å². The van der Waals surface area contributed by atoms with Crippen molar-refractivity contribution in [2.24, 2.45) is 0 Å². The van der Waals surface area contributed by atoms with Gasteiger partial charge in [-0.15, -0.1) is 0 Å². The van der Waals surface area contributed by atoms with Gasteiger partial charge in [0.1, 0.15) is 11.0 Å². The third kappa shape index (κ3) is 2.99. The van der Waals surface area contributed by atoms with Gasteiger partial charge in [-0.1, -0.05) is 29.8 Å². The number of aromatic nitrogens is 1. The normalized spacial score (nSPS) is 10.4. The van der Waals surface area contributed by atoms with Crippen LogP contribution in [0.15, 0.2) is 42.6 Å². The number of rotatable bonds is 4. The molecular formula is C14H14ClFN2. The minimum Gasteiger partial charge on any atom is -0.365 e. The molecule has 0 spiro atoms. The van der Waals surface area contributed by atoms with Gasteiger partial charge in [0.05, 0.1) is 5.69 Å². The predicted molar refractivity (Wildman–Crippen MR) is 72.4 cm³/mol. The Kier molecular flexibility index (Phi) is 4.15. The zero-order valence-electron chi connectivity index (χ0n) is 10.1. The van der Waals surface area contributed by atoms with Crippen molar-refractivity contribution >= 4 is 17.3 Å². The lowest BCUT2D eigenvalue weighted by molar-refractivity contribution is 0.618. The van der Waals surface area contributed by atoms with Crippen LogP contribution in [0.5, 0.6) is 0 Å². The number of halogens is 2. The lowest BCUT2D eigenvalue weighted by Gasteiger charge is -2.23. The average Bonchev–Trinajstić information content (AvgIpc) is 2.39. The number of para-hydroxylation sites is 1. The first kappa shape index (κ1) is 12.8. The van der Waals surface area contributed by atoms with Crippen LogP contribution in [0.1, 0.15) is 12.5 Å². The maximum absolute atomic E-state index is 13.7. The van der Waals surface area contributed by atoms with Crippen molar-refractivity contribution in [1.29, 1.82) is 0 Å². The number of anilines is 1. The molecule has 0 unspecified atom stereocenters. The maximum atomic E-state index is 13.7. The second-order valence-electron chi connectivity index (χ2n) is 3.95. The van der Waals surface area contributed by atoms with Crippen molar-refractivity contribution in [2.75, 3.05) is 11.4 Å². The summed E-state index contributed by atoms with van der Waals surface area (Å²) in [6.07, 6.45) is 1.71. The van der Waals surface area contributed by atoms with Crippen LogP contribution in [0.4, 0.5) is 10.1 Å². The summed E-state index contributed by atoms with van der Waals surface area (Å²) in [5.74, 6) is -0.207. The molecule has 0 fully saturated rings. The van der Waals surface area contributed by atoms with E-state index < -0.39 is 0 Å². The first-order valence-electron chi connectivity index (χ1n) is 5.80. The molecule has 0 aliphatic rings. The zero-order valence-corrected chi connectivity index (χ0v) is 10.9. The molecule has 1 aromatic heterocycles. The second-order valence-corrected chi connectivity index (χ2v) is 4.34. The molecule has 2 aromatic rings. The minimum atomic E-state index is -0.207. The summed E-state index contributed by atoms with van der Waals surface area (Å²) in [5, 5.41) is 0.465. The first-order chi connectivity index (χ1) is 8.70. The van der Waals surface area contributed by atoms with Gasteiger partial charge in [-0.05, 0) is 30.7 Å². The molecule has 1 heterocycles. The van der Waals surface area contributed by atoms with E-state index in [1.165, 1.54) is 6.07 Å². The van der Waals surface area contributed by atoms with Crippen LogP contribution in [0, 0.1) is 5.82 Å². The fraction of sp³-hybridized carbons (Fsp3) is 0.214. The van der Waals surface area contributed by atoms with Crippen LogP contribution in [0.25, 0.3) is 0 Å². The Hall–Kier alpha value is -1.61. The molecule has 0 bridgehead atoms. The summed E-state index contributed by atoms with van der Waals surface area (Å²) in [5.41, 5.74) is 1.61. The molecule has 2 rings (SSSR count). The summed E-state index contributed by atoms with van der Waals surface area (Å²) < 4.78 is 13.7. The van der Waals surface area contributed by atoms with E-state index in [4.69, 9.17) is 11.6 Å². The van der Waals surface area contributed by atoms with Gasteiger partial charge in [0.25, 0.3) is 0 Å². The highest BCUT2D eigenvalue weighted by molar-refractivity contribution is 6.29. The van der Waals surface area contributed by atoms with E-state index in [9.17, 15) is 4.39 Å². The standard InChI is InChI=1S/C14H14ClFN2/c1-2-18(13-6-4-3-5-12(13)16)10-11-7-8-14(15)17-9-11/h3-9H,2,10H2,1H3. The average molecular weight is 265 g/mol. The third-order valence-corrected chi connectivity index (χ3v) is 2.96. The van der Waals surface area contributed by atoms with E-state index in [0.29, 0.717) is 17.4 Å². The molecule has 0 aliphatic heterocycles. The molecule has 18 heavy (non-hydrogen) atoms. The van der Waals surface area contributed by atoms with Gasteiger partial charge in [0, 0.05) is 19.3 Å². The lowest BCUT2D eigenvalue weighted by atomic mass is 10.2. The van der Waals surface area contributed by atoms with E-state index in [1.807, 2.05) is 24.0 Å². The Morgan fingerprint density at radius 1 is 1.22 bits per heavy atom. The molecule has 2 nitrogen and oxygen atoms in total. The van der Waals surface area contributed by atoms with Crippen LogP contribution < -0.4 is 4.90 Å². The largest absolute Gasteiger partial charge is 0.365 e. The van der Waals surface area contributed by atoms with Gasteiger partial charge in [-0.3, -0.25) is 0 Å². The van der Waals surface area contributed by atoms with E-state index in [-0.39, 0.29) is 5.82 Å².